The van der Waals surface area contributed by atoms with Gasteiger partial charge in [0.25, 0.3) is 5.91 Å². The summed E-state index contributed by atoms with van der Waals surface area (Å²) < 4.78 is 10.7. The van der Waals surface area contributed by atoms with E-state index in [2.05, 4.69) is 5.32 Å². The summed E-state index contributed by atoms with van der Waals surface area (Å²) in [6, 6.07) is 7.21. The molecule has 0 aliphatic rings. The van der Waals surface area contributed by atoms with Crippen LogP contribution in [0.4, 0.5) is 0 Å². The molecule has 0 saturated carbocycles. The molecule has 1 aromatic rings. The maximum atomic E-state index is 11.9. The summed E-state index contributed by atoms with van der Waals surface area (Å²) >= 11 is 5.49. The fraction of sp³-hybridized carbons (Fsp3) is 0.533. The first-order chi connectivity index (χ1) is 9.77. The van der Waals surface area contributed by atoms with Crippen LogP contribution in [0.15, 0.2) is 24.3 Å². The second-order valence-corrected chi connectivity index (χ2v) is 4.67. The molecule has 0 aliphatic carbocycles. The number of carbonyl (C=O) groups is 1. The van der Waals surface area contributed by atoms with Gasteiger partial charge in [0.1, 0.15) is 5.75 Å². The molecule has 4 nitrogen and oxygen atoms in total. The summed E-state index contributed by atoms with van der Waals surface area (Å²) in [6.45, 7) is 4.44. The minimum Gasteiger partial charge on any atom is -0.494 e. The Balaban J connectivity index is 2.31. The van der Waals surface area contributed by atoms with Gasteiger partial charge in [-0.3, -0.25) is 4.79 Å². The van der Waals surface area contributed by atoms with Crippen molar-refractivity contribution in [3.8, 4) is 5.75 Å². The smallest absolute Gasteiger partial charge is 0.251 e. The third-order valence-electron chi connectivity index (χ3n) is 2.54. The Kier molecular flexibility index (Phi) is 8.83. The van der Waals surface area contributed by atoms with Crippen molar-refractivity contribution in [3.05, 3.63) is 29.8 Å². The van der Waals surface area contributed by atoms with Gasteiger partial charge in [-0.1, -0.05) is 13.0 Å². The van der Waals surface area contributed by atoms with E-state index in [0.717, 1.165) is 18.6 Å². The van der Waals surface area contributed by atoms with Crippen LogP contribution in [0.5, 0.6) is 5.75 Å². The van der Waals surface area contributed by atoms with Crippen LogP contribution < -0.4 is 10.1 Å². The average molecular weight is 300 g/mol. The standard InChI is InChI=1S/C15H22ClNO3/c1-2-9-20-14-6-3-5-13(12-14)15(18)17-8-4-10-19-11-7-16/h3,5-6,12H,2,4,7-11H2,1H3,(H,17,18). The fourth-order valence-corrected chi connectivity index (χ4v) is 1.69. The molecule has 0 unspecified atom stereocenters. The van der Waals surface area contributed by atoms with Gasteiger partial charge in [-0.2, -0.15) is 0 Å². The molecule has 1 rings (SSSR count). The normalized spacial score (nSPS) is 10.3. The van der Waals surface area contributed by atoms with Gasteiger partial charge in [-0.15, -0.1) is 11.6 Å². The maximum absolute atomic E-state index is 11.9. The number of carbonyl (C=O) groups excluding carboxylic acids is 1. The molecule has 0 aromatic heterocycles. The van der Waals surface area contributed by atoms with Crippen molar-refractivity contribution in [2.45, 2.75) is 19.8 Å². The Bertz CT molecular complexity index is 398. The van der Waals surface area contributed by atoms with E-state index in [9.17, 15) is 4.79 Å². The lowest BCUT2D eigenvalue weighted by Gasteiger charge is -2.08. The van der Waals surface area contributed by atoms with Crippen LogP contribution in [-0.2, 0) is 4.74 Å². The zero-order chi connectivity index (χ0) is 14.6. The Hall–Kier alpha value is -1.26. The molecule has 112 valence electrons. The van der Waals surface area contributed by atoms with Gasteiger partial charge in [-0.05, 0) is 31.0 Å². The molecular formula is C15H22ClNO3. The molecule has 0 radical (unpaired) electrons. The van der Waals surface area contributed by atoms with Gasteiger partial charge in [0.05, 0.1) is 13.2 Å². The summed E-state index contributed by atoms with van der Waals surface area (Å²) in [5, 5.41) is 2.85. The summed E-state index contributed by atoms with van der Waals surface area (Å²) in [7, 11) is 0. The predicted octanol–water partition coefficient (Wildman–Crippen LogP) is 2.85. The highest BCUT2D eigenvalue weighted by atomic mass is 35.5. The lowest BCUT2D eigenvalue weighted by atomic mass is 10.2. The Morgan fingerprint density at radius 2 is 2.15 bits per heavy atom. The Morgan fingerprint density at radius 1 is 1.30 bits per heavy atom. The molecule has 0 spiro atoms. The molecule has 20 heavy (non-hydrogen) atoms. The van der Waals surface area contributed by atoms with Crippen molar-refractivity contribution >= 4 is 17.5 Å². The highest BCUT2D eigenvalue weighted by Crippen LogP contribution is 2.13. The van der Waals surface area contributed by atoms with Crippen molar-refractivity contribution in [2.75, 3.05) is 32.2 Å². The largest absolute Gasteiger partial charge is 0.494 e. The highest BCUT2D eigenvalue weighted by Gasteiger charge is 2.05. The lowest BCUT2D eigenvalue weighted by Crippen LogP contribution is -2.25. The number of rotatable bonds is 10. The fourth-order valence-electron chi connectivity index (χ4n) is 1.58. The zero-order valence-electron chi connectivity index (χ0n) is 11.9. The van der Waals surface area contributed by atoms with Crippen molar-refractivity contribution in [1.29, 1.82) is 0 Å². The molecule has 1 aromatic carbocycles. The summed E-state index contributed by atoms with van der Waals surface area (Å²) in [6.07, 6.45) is 1.72. The topological polar surface area (TPSA) is 47.6 Å². The van der Waals surface area contributed by atoms with E-state index in [0.29, 0.717) is 37.8 Å². The van der Waals surface area contributed by atoms with Crippen LogP contribution >= 0.6 is 11.6 Å². The molecule has 5 heteroatoms. The first-order valence-electron chi connectivity index (χ1n) is 6.92. The minimum atomic E-state index is -0.0932. The summed E-state index contributed by atoms with van der Waals surface area (Å²) in [5.41, 5.74) is 0.611. The van der Waals surface area contributed by atoms with E-state index < -0.39 is 0 Å². The molecule has 1 N–H and O–H groups in total. The molecule has 0 fully saturated rings. The van der Waals surface area contributed by atoms with Crippen LogP contribution in [-0.4, -0.2) is 38.2 Å². The van der Waals surface area contributed by atoms with Gasteiger partial charge < -0.3 is 14.8 Å². The molecule has 1 amide bonds. The third-order valence-corrected chi connectivity index (χ3v) is 2.70. The number of hydrogen-bond acceptors (Lipinski definition) is 3. The van der Waals surface area contributed by atoms with Gasteiger partial charge in [0, 0.05) is 24.6 Å². The van der Waals surface area contributed by atoms with Crippen LogP contribution in [0.2, 0.25) is 0 Å². The number of ether oxygens (including phenoxy) is 2. The number of nitrogens with one attached hydrogen (secondary N) is 1. The average Bonchev–Trinajstić information content (AvgIpc) is 2.48. The second kappa shape index (κ2) is 10.5. The van der Waals surface area contributed by atoms with Crippen LogP contribution in [0.25, 0.3) is 0 Å². The van der Waals surface area contributed by atoms with E-state index in [1.807, 2.05) is 19.1 Å². The van der Waals surface area contributed by atoms with E-state index in [1.165, 1.54) is 0 Å². The Labute approximate surface area is 125 Å². The van der Waals surface area contributed by atoms with Gasteiger partial charge in [0.2, 0.25) is 0 Å². The van der Waals surface area contributed by atoms with Crippen molar-refractivity contribution < 1.29 is 14.3 Å². The van der Waals surface area contributed by atoms with E-state index >= 15 is 0 Å². The lowest BCUT2D eigenvalue weighted by molar-refractivity contribution is 0.0944. The van der Waals surface area contributed by atoms with Crippen LogP contribution in [0.3, 0.4) is 0 Å². The number of amides is 1. The van der Waals surface area contributed by atoms with E-state index in [-0.39, 0.29) is 5.91 Å². The molecule has 0 heterocycles. The van der Waals surface area contributed by atoms with Gasteiger partial charge in [0.15, 0.2) is 0 Å². The summed E-state index contributed by atoms with van der Waals surface area (Å²) in [5.74, 6) is 1.13. The van der Waals surface area contributed by atoms with Gasteiger partial charge >= 0.3 is 0 Å². The number of benzene rings is 1. The van der Waals surface area contributed by atoms with Crippen molar-refractivity contribution in [3.63, 3.8) is 0 Å². The monoisotopic (exact) mass is 299 g/mol. The van der Waals surface area contributed by atoms with E-state index in [4.69, 9.17) is 21.1 Å². The quantitative estimate of drug-likeness (QED) is 0.534. The van der Waals surface area contributed by atoms with E-state index in [1.54, 1.807) is 12.1 Å². The maximum Gasteiger partial charge on any atom is 0.251 e. The first-order valence-corrected chi connectivity index (χ1v) is 7.46. The molecule has 0 bridgehead atoms. The third kappa shape index (κ3) is 6.78. The minimum absolute atomic E-state index is 0.0932. The van der Waals surface area contributed by atoms with Crippen LogP contribution in [0, 0.1) is 0 Å². The number of halogens is 1. The predicted molar refractivity (Wildman–Crippen MR) is 80.7 cm³/mol. The molecule has 0 atom stereocenters. The SMILES string of the molecule is CCCOc1cccc(C(=O)NCCCOCCCl)c1. The highest BCUT2D eigenvalue weighted by molar-refractivity contribution is 6.17. The summed E-state index contributed by atoms with van der Waals surface area (Å²) in [4.78, 5) is 11.9. The first kappa shape index (κ1) is 16.8. The van der Waals surface area contributed by atoms with Crippen molar-refractivity contribution in [1.82, 2.24) is 5.32 Å². The molecular weight excluding hydrogens is 278 g/mol. The van der Waals surface area contributed by atoms with Gasteiger partial charge in [-0.25, -0.2) is 0 Å². The number of alkyl halides is 1. The second-order valence-electron chi connectivity index (χ2n) is 4.29. The van der Waals surface area contributed by atoms with Crippen molar-refractivity contribution in [2.24, 2.45) is 0 Å². The molecule has 0 aliphatic heterocycles. The van der Waals surface area contributed by atoms with Crippen LogP contribution in [0.1, 0.15) is 30.1 Å². The number of hydrogen-bond donors (Lipinski definition) is 1. The Morgan fingerprint density at radius 3 is 2.90 bits per heavy atom. The zero-order valence-corrected chi connectivity index (χ0v) is 12.6. The molecule has 0 saturated heterocycles.